The van der Waals surface area contributed by atoms with Gasteiger partial charge < -0.3 is 14.6 Å². The van der Waals surface area contributed by atoms with Gasteiger partial charge in [0.1, 0.15) is 17.6 Å². The van der Waals surface area contributed by atoms with Crippen LogP contribution < -0.4 is 9.47 Å². The lowest BCUT2D eigenvalue weighted by Gasteiger charge is -2.30. The van der Waals surface area contributed by atoms with E-state index in [1.54, 1.807) is 7.11 Å². The molecule has 20 heavy (non-hydrogen) atoms. The Bertz CT molecular complexity index is 627. The van der Waals surface area contributed by atoms with Gasteiger partial charge in [-0.1, -0.05) is 35.9 Å². The van der Waals surface area contributed by atoms with Crippen molar-refractivity contribution in [1.82, 2.24) is 0 Å². The van der Waals surface area contributed by atoms with Crippen LogP contribution in [0.5, 0.6) is 11.5 Å². The van der Waals surface area contributed by atoms with Crippen molar-refractivity contribution in [2.75, 3.05) is 7.11 Å². The molecule has 0 saturated heterocycles. The van der Waals surface area contributed by atoms with E-state index in [4.69, 9.17) is 21.1 Å². The van der Waals surface area contributed by atoms with Crippen LogP contribution in [0.4, 0.5) is 0 Å². The van der Waals surface area contributed by atoms with Crippen LogP contribution in [0, 0.1) is 0 Å². The SMILES string of the molecule is COc1ccc(C2C[C@H](O)c3ccccc3O2)cc1Cl. The molecule has 0 aromatic heterocycles. The van der Waals surface area contributed by atoms with Crippen LogP contribution in [-0.4, -0.2) is 12.2 Å². The number of benzene rings is 2. The fourth-order valence-corrected chi connectivity index (χ4v) is 2.75. The van der Waals surface area contributed by atoms with Crippen LogP contribution in [0.25, 0.3) is 0 Å². The van der Waals surface area contributed by atoms with Gasteiger partial charge in [-0.05, 0) is 23.8 Å². The molecule has 0 amide bonds. The van der Waals surface area contributed by atoms with Crippen molar-refractivity contribution in [2.24, 2.45) is 0 Å². The highest BCUT2D eigenvalue weighted by atomic mass is 35.5. The summed E-state index contributed by atoms with van der Waals surface area (Å²) in [6, 6.07) is 13.1. The quantitative estimate of drug-likeness (QED) is 0.911. The van der Waals surface area contributed by atoms with Gasteiger partial charge in [0.05, 0.1) is 18.2 Å². The molecule has 1 heterocycles. The number of para-hydroxylation sites is 1. The van der Waals surface area contributed by atoms with Gasteiger partial charge in [0, 0.05) is 12.0 Å². The molecule has 0 aliphatic carbocycles. The molecular formula is C16H15ClO3. The molecule has 0 radical (unpaired) electrons. The van der Waals surface area contributed by atoms with Crippen molar-refractivity contribution in [1.29, 1.82) is 0 Å². The second-order valence-corrected chi connectivity index (χ2v) is 5.20. The molecule has 2 aromatic carbocycles. The molecule has 0 saturated carbocycles. The summed E-state index contributed by atoms with van der Waals surface area (Å²) in [6.45, 7) is 0. The van der Waals surface area contributed by atoms with E-state index in [0.717, 1.165) is 16.9 Å². The lowest BCUT2D eigenvalue weighted by molar-refractivity contribution is 0.0657. The minimum absolute atomic E-state index is 0.205. The minimum Gasteiger partial charge on any atom is -0.495 e. The maximum atomic E-state index is 10.2. The van der Waals surface area contributed by atoms with Crippen molar-refractivity contribution < 1.29 is 14.6 Å². The summed E-state index contributed by atoms with van der Waals surface area (Å²) >= 11 is 6.14. The monoisotopic (exact) mass is 290 g/mol. The zero-order valence-corrected chi connectivity index (χ0v) is 11.8. The zero-order valence-electron chi connectivity index (χ0n) is 11.0. The van der Waals surface area contributed by atoms with E-state index in [2.05, 4.69) is 0 Å². The molecule has 1 N–H and O–H groups in total. The number of rotatable bonds is 2. The van der Waals surface area contributed by atoms with Crippen molar-refractivity contribution in [2.45, 2.75) is 18.6 Å². The van der Waals surface area contributed by atoms with E-state index in [-0.39, 0.29) is 6.10 Å². The lowest BCUT2D eigenvalue weighted by atomic mass is 9.95. The highest BCUT2D eigenvalue weighted by Gasteiger charge is 2.28. The Kier molecular flexibility index (Phi) is 3.55. The molecule has 2 atom stereocenters. The Morgan fingerprint density at radius 2 is 2.05 bits per heavy atom. The Balaban J connectivity index is 1.91. The Hall–Kier alpha value is -1.71. The summed E-state index contributed by atoms with van der Waals surface area (Å²) in [7, 11) is 1.58. The summed E-state index contributed by atoms with van der Waals surface area (Å²) in [6.07, 6.45) is -0.214. The molecule has 4 heteroatoms. The number of aliphatic hydroxyl groups is 1. The number of aliphatic hydroxyl groups excluding tert-OH is 1. The molecule has 2 aromatic rings. The normalized spacial score (nSPS) is 20.9. The molecule has 104 valence electrons. The van der Waals surface area contributed by atoms with Crippen LogP contribution in [0.15, 0.2) is 42.5 Å². The van der Waals surface area contributed by atoms with E-state index in [0.29, 0.717) is 17.2 Å². The summed E-state index contributed by atoms with van der Waals surface area (Å²) in [5.41, 5.74) is 1.77. The number of fused-ring (bicyclic) bond motifs is 1. The first-order valence-electron chi connectivity index (χ1n) is 6.46. The van der Waals surface area contributed by atoms with Crippen molar-refractivity contribution in [3.05, 3.63) is 58.6 Å². The van der Waals surface area contributed by atoms with E-state index in [1.807, 2.05) is 42.5 Å². The molecule has 1 aliphatic rings. The Morgan fingerprint density at radius 3 is 2.80 bits per heavy atom. The smallest absolute Gasteiger partial charge is 0.137 e. The van der Waals surface area contributed by atoms with Gasteiger partial charge in [0.25, 0.3) is 0 Å². The zero-order chi connectivity index (χ0) is 14.1. The maximum Gasteiger partial charge on any atom is 0.137 e. The molecule has 3 nitrogen and oxygen atoms in total. The van der Waals surface area contributed by atoms with Gasteiger partial charge in [-0.2, -0.15) is 0 Å². The van der Waals surface area contributed by atoms with Crippen molar-refractivity contribution in [3.8, 4) is 11.5 Å². The number of halogens is 1. The molecular weight excluding hydrogens is 276 g/mol. The standard InChI is InChI=1S/C16H15ClO3/c1-19-15-7-6-10(8-12(15)17)16-9-13(18)11-4-2-3-5-14(11)20-16/h2-8,13,16,18H,9H2,1H3/t13-,16?/m0/s1. The van der Waals surface area contributed by atoms with Gasteiger partial charge in [-0.15, -0.1) is 0 Å². The number of hydrogen-bond acceptors (Lipinski definition) is 3. The van der Waals surface area contributed by atoms with Crippen LogP contribution in [-0.2, 0) is 0 Å². The molecule has 3 rings (SSSR count). The predicted octanol–water partition coefficient (Wildman–Crippen LogP) is 3.91. The Labute approximate surface area is 122 Å². The van der Waals surface area contributed by atoms with E-state index < -0.39 is 6.10 Å². The van der Waals surface area contributed by atoms with Crippen molar-refractivity contribution in [3.63, 3.8) is 0 Å². The fourth-order valence-electron chi connectivity index (χ4n) is 2.48. The maximum absolute atomic E-state index is 10.2. The van der Waals surface area contributed by atoms with Gasteiger partial charge >= 0.3 is 0 Å². The molecule has 0 spiro atoms. The second kappa shape index (κ2) is 5.35. The molecule has 0 fully saturated rings. The summed E-state index contributed by atoms with van der Waals surface area (Å²) in [5.74, 6) is 1.36. The van der Waals surface area contributed by atoms with Crippen LogP contribution in [0.2, 0.25) is 5.02 Å². The van der Waals surface area contributed by atoms with E-state index in [1.165, 1.54) is 0 Å². The van der Waals surface area contributed by atoms with E-state index in [9.17, 15) is 5.11 Å². The van der Waals surface area contributed by atoms with E-state index >= 15 is 0 Å². The van der Waals surface area contributed by atoms with Gasteiger partial charge in [-0.3, -0.25) is 0 Å². The molecule has 1 aliphatic heterocycles. The topological polar surface area (TPSA) is 38.7 Å². The van der Waals surface area contributed by atoms with Crippen molar-refractivity contribution >= 4 is 11.6 Å². The average molecular weight is 291 g/mol. The first-order chi connectivity index (χ1) is 9.69. The minimum atomic E-state index is -0.522. The molecule has 0 bridgehead atoms. The van der Waals surface area contributed by atoms with Crippen LogP contribution >= 0.6 is 11.6 Å². The first-order valence-corrected chi connectivity index (χ1v) is 6.84. The summed E-state index contributed by atoms with van der Waals surface area (Å²) in [5, 5.41) is 10.8. The molecule has 1 unspecified atom stereocenters. The summed E-state index contributed by atoms with van der Waals surface area (Å²) < 4.78 is 11.1. The number of hydrogen-bond donors (Lipinski definition) is 1. The van der Waals surface area contributed by atoms with Gasteiger partial charge in [0.15, 0.2) is 0 Å². The largest absolute Gasteiger partial charge is 0.495 e. The van der Waals surface area contributed by atoms with Gasteiger partial charge in [-0.25, -0.2) is 0 Å². The van der Waals surface area contributed by atoms with Crippen LogP contribution in [0.3, 0.4) is 0 Å². The third-order valence-electron chi connectivity index (χ3n) is 3.53. The Morgan fingerprint density at radius 1 is 1.25 bits per heavy atom. The third-order valence-corrected chi connectivity index (χ3v) is 3.83. The average Bonchev–Trinajstić information content (AvgIpc) is 2.47. The highest BCUT2D eigenvalue weighted by molar-refractivity contribution is 6.32. The number of methoxy groups -OCH3 is 1. The highest BCUT2D eigenvalue weighted by Crippen LogP contribution is 2.41. The summed E-state index contributed by atoms with van der Waals surface area (Å²) in [4.78, 5) is 0. The number of ether oxygens (including phenoxy) is 2. The van der Waals surface area contributed by atoms with Crippen LogP contribution in [0.1, 0.15) is 29.8 Å². The second-order valence-electron chi connectivity index (χ2n) is 4.79. The third kappa shape index (κ3) is 2.35. The lowest BCUT2D eigenvalue weighted by Crippen LogP contribution is -2.18. The first kappa shape index (κ1) is 13.3. The fraction of sp³-hybridized carbons (Fsp3) is 0.250. The predicted molar refractivity (Wildman–Crippen MR) is 77.4 cm³/mol. The van der Waals surface area contributed by atoms with Gasteiger partial charge in [0.2, 0.25) is 0 Å².